The summed E-state index contributed by atoms with van der Waals surface area (Å²) in [4.78, 5) is 26.2. The molecule has 0 radical (unpaired) electrons. The summed E-state index contributed by atoms with van der Waals surface area (Å²) in [5.74, 6) is -1.37. The van der Waals surface area contributed by atoms with Crippen molar-refractivity contribution in [1.82, 2.24) is 4.90 Å². The molecule has 1 aliphatic carbocycles. The summed E-state index contributed by atoms with van der Waals surface area (Å²) in [6.07, 6.45) is 5.86. The number of nitrogens with zero attached hydrogens (tertiary/aromatic N) is 1. The summed E-state index contributed by atoms with van der Waals surface area (Å²) in [6, 6.07) is 0.0892. The van der Waals surface area contributed by atoms with E-state index in [4.69, 9.17) is 0 Å². The van der Waals surface area contributed by atoms with E-state index < -0.39 is 11.9 Å². The number of likely N-dealkylation sites (tertiary alicyclic amines) is 1. The minimum Gasteiger partial charge on any atom is -0.481 e. The van der Waals surface area contributed by atoms with E-state index >= 15 is 0 Å². The Hall–Kier alpha value is -1.10. The number of carboxylic acids is 1. The molecule has 1 heterocycles. The van der Waals surface area contributed by atoms with Gasteiger partial charge in [0.05, 0.1) is 11.8 Å². The lowest BCUT2D eigenvalue weighted by molar-refractivity contribution is -0.150. The van der Waals surface area contributed by atoms with Gasteiger partial charge in [0.25, 0.3) is 0 Å². The molecule has 2 N–H and O–H groups in total. The molecule has 1 saturated carbocycles. The van der Waals surface area contributed by atoms with Crippen molar-refractivity contribution in [3.05, 3.63) is 0 Å². The summed E-state index contributed by atoms with van der Waals surface area (Å²) in [5.41, 5.74) is 0. The van der Waals surface area contributed by atoms with Crippen LogP contribution in [0.15, 0.2) is 0 Å². The number of carboxylic acid groups (broad SMARTS) is 1. The molecule has 0 aromatic carbocycles. The smallest absolute Gasteiger partial charge is 0.307 e. The largest absolute Gasteiger partial charge is 0.481 e. The molecule has 0 bridgehead atoms. The molecule has 2 rings (SSSR count). The van der Waals surface area contributed by atoms with Crippen LogP contribution in [0.5, 0.6) is 0 Å². The maximum Gasteiger partial charge on any atom is 0.307 e. The molecule has 2 fully saturated rings. The Bertz CT molecular complexity index is 382. The molecular weight excluding hydrogens is 270 g/mol. The third-order valence-corrected chi connectivity index (χ3v) is 5.24. The normalized spacial score (nSPS) is 33.1. The molecule has 0 aromatic rings. The molecular formula is C16H27NO4. The van der Waals surface area contributed by atoms with Gasteiger partial charge in [-0.05, 0) is 44.4 Å². The van der Waals surface area contributed by atoms with Crippen molar-refractivity contribution >= 4 is 11.9 Å². The van der Waals surface area contributed by atoms with Gasteiger partial charge in [-0.1, -0.05) is 13.3 Å². The van der Waals surface area contributed by atoms with Crippen LogP contribution in [0.3, 0.4) is 0 Å². The molecule has 5 nitrogen and oxygen atoms in total. The molecule has 120 valence electrons. The first kappa shape index (κ1) is 16.3. The number of hydrogen-bond donors (Lipinski definition) is 2. The Kier molecular flexibility index (Phi) is 5.62. The zero-order valence-electron chi connectivity index (χ0n) is 12.8. The van der Waals surface area contributed by atoms with Gasteiger partial charge in [-0.3, -0.25) is 9.59 Å². The third-order valence-electron chi connectivity index (χ3n) is 5.24. The number of carbonyl (C=O) groups excluding carboxylic acids is 1. The van der Waals surface area contributed by atoms with Crippen LogP contribution in [0.25, 0.3) is 0 Å². The van der Waals surface area contributed by atoms with E-state index in [1.54, 1.807) is 0 Å². The average molecular weight is 297 g/mol. The number of aliphatic hydroxyl groups is 1. The van der Waals surface area contributed by atoms with Gasteiger partial charge in [0.1, 0.15) is 0 Å². The first-order chi connectivity index (χ1) is 10.1. The summed E-state index contributed by atoms with van der Waals surface area (Å²) in [7, 11) is 0. The zero-order valence-corrected chi connectivity index (χ0v) is 12.8. The van der Waals surface area contributed by atoms with Crippen molar-refractivity contribution < 1.29 is 19.8 Å². The maximum atomic E-state index is 12.8. The van der Waals surface area contributed by atoms with Gasteiger partial charge in [-0.25, -0.2) is 0 Å². The van der Waals surface area contributed by atoms with E-state index in [1.807, 2.05) is 4.90 Å². The van der Waals surface area contributed by atoms with Gasteiger partial charge in [-0.2, -0.15) is 0 Å². The number of piperidine rings is 1. The van der Waals surface area contributed by atoms with Gasteiger partial charge < -0.3 is 15.1 Å². The lowest BCUT2D eigenvalue weighted by atomic mass is 9.91. The second-order valence-electron chi connectivity index (χ2n) is 6.49. The second kappa shape index (κ2) is 7.25. The Morgan fingerprint density at radius 3 is 2.52 bits per heavy atom. The first-order valence-electron chi connectivity index (χ1n) is 8.22. The number of rotatable bonds is 5. The quantitative estimate of drug-likeness (QED) is 0.812. The summed E-state index contributed by atoms with van der Waals surface area (Å²) >= 11 is 0. The Balaban J connectivity index is 2.10. The van der Waals surface area contributed by atoms with E-state index in [2.05, 4.69) is 6.92 Å². The minimum atomic E-state index is -0.833. The van der Waals surface area contributed by atoms with Gasteiger partial charge in [0.2, 0.25) is 5.91 Å². The molecule has 1 amide bonds. The molecule has 0 aromatic heterocycles. The molecule has 4 atom stereocenters. The van der Waals surface area contributed by atoms with Crippen LogP contribution in [0.2, 0.25) is 0 Å². The summed E-state index contributed by atoms with van der Waals surface area (Å²) in [6.45, 7) is 2.86. The van der Waals surface area contributed by atoms with Gasteiger partial charge in [0, 0.05) is 19.2 Å². The highest BCUT2D eigenvalue weighted by Gasteiger charge is 2.44. The van der Waals surface area contributed by atoms with E-state index in [0.717, 1.165) is 25.7 Å². The maximum absolute atomic E-state index is 12.8. The predicted molar refractivity (Wildman–Crippen MR) is 78.7 cm³/mol. The van der Waals surface area contributed by atoms with Crippen molar-refractivity contribution in [2.45, 2.75) is 57.9 Å². The van der Waals surface area contributed by atoms with Crippen molar-refractivity contribution in [2.24, 2.45) is 17.8 Å². The number of carbonyl (C=O) groups is 2. The van der Waals surface area contributed by atoms with E-state index in [1.165, 1.54) is 0 Å². The Morgan fingerprint density at radius 1 is 1.19 bits per heavy atom. The molecule has 1 aliphatic heterocycles. The van der Waals surface area contributed by atoms with E-state index in [-0.39, 0.29) is 24.5 Å². The van der Waals surface area contributed by atoms with Crippen molar-refractivity contribution in [2.75, 3.05) is 13.2 Å². The SMILES string of the molecule is CCC1C[C@H](C(=O)N2CCCCC2CCO)[C@H](C(=O)O)C1. The van der Waals surface area contributed by atoms with Crippen LogP contribution in [0, 0.1) is 17.8 Å². The molecule has 1 saturated heterocycles. The van der Waals surface area contributed by atoms with Crippen LogP contribution in [-0.2, 0) is 9.59 Å². The highest BCUT2D eigenvalue weighted by molar-refractivity contribution is 5.85. The van der Waals surface area contributed by atoms with E-state index in [9.17, 15) is 19.8 Å². The highest BCUT2D eigenvalue weighted by atomic mass is 16.4. The van der Waals surface area contributed by atoms with Crippen LogP contribution in [0.4, 0.5) is 0 Å². The van der Waals surface area contributed by atoms with Crippen molar-refractivity contribution in [3.63, 3.8) is 0 Å². The topological polar surface area (TPSA) is 77.8 Å². The second-order valence-corrected chi connectivity index (χ2v) is 6.49. The van der Waals surface area contributed by atoms with Crippen molar-refractivity contribution in [3.8, 4) is 0 Å². The standard InChI is InChI=1S/C16H27NO4/c1-2-11-9-13(14(10-11)16(20)21)15(19)17-7-4-3-5-12(17)6-8-18/h11-14,18H,2-10H2,1H3,(H,20,21)/t11?,12?,13-,14+/m0/s1. The summed E-state index contributed by atoms with van der Waals surface area (Å²) < 4.78 is 0. The molecule has 21 heavy (non-hydrogen) atoms. The van der Waals surface area contributed by atoms with E-state index in [0.29, 0.717) is 31.7 Å². The predicted octanol–water partition coefficient (Wildman–Crippen LogP) is 1.89. The van der Waals surface area contributed by atoms with Crippen LogP contribution in [-0.4, -0.2) is 46.2 Å². The Labute approximate surface area is 126 Å². The fourth-order valence-corrected chi connectivity index (χ4v) is 3.98. The fourth-order valence-electron chi connectivity index (χ4n) is 3.98. The number of aliphatic hydroxyl groups excluding tert-OH is 1. The van der Waals surface area contributed by atoms with Gasteiger partial charge in [-0.15, -0.1) is 0 Å². The van der Waals surface area contributed by atoms with Gasteiger partial charge in [0.15, 0.2) is 0 Å². The molecule has 2 unspecified atom stereocenters. The average Bonchev–Trinajstić information content (AvgIpc) is 2.92. The van der Waals surface area contributed by atoms with Crippen LogP contribution < -0.4 is 0 Å². The number of amides is 1. The third kappa shape index (κ3) is 3.57. The molecule has 2 aliphatic rings. The van der Waals surface area contributed by atoms with Gasteiger partial charge >= 0.3 is 5.97 Å². The first-order valence-corrected chi connectivity index (χ1v) is 8.22. The lowest BCUT2D eigenvalue weighted by Crippen LogP contribution is -2.48. The highest BCUT2D eigenvalue weighted by Crippen LogP contribution is 2.40. The monoisotopic (exact) mass is 297 g/mol. The fraction of sp³-hybridized carbons (Fsp3) is 0.875. The lowest BCUT2D eigenvalue weighted by Gasteiger charge is -2.37. The Morgan fingerprint density at radius 2 is 1.90 bits per heavy atom. The number of aliphatic carboxylic acids is 1. The zero-order chi connectivity index (χ0) is 15.4. The van der Waals surface area contributed by atoms with Crippen molar-refractivity contribution in [1.29, 1.82) is 0 Å². The minimum absolute atomic E-state index is 0.0106. The number of hydrogen-bond acceptors (Lipinski definition) is 3. The molecule has 5 heteroatoms. The summed E-state index contributed by atoms with van der Waals surface area (Å²) in [5, 5.41) is 18.6. The molecule has 0 spiro atoms. The van der Waals surface area contributed by atoms with Crippen LogP contribution >= 0.6 is 0 Å². The van der Waals surface area contributed by atoms with Crippen LogP contribution in [0.1, 0.15) is 51.9 Å².